The van der Waals surface area contributed by atoms with Crippen LogP contribution in [-0.4, -0.2) is 19.8 Å². The summed E-state index contributed by atoms with van der Waals surface area (Å²) in [4.78, 5) is 0. The lowest BCUT2D eigenvalue weighted by atomic mass is 10.2. The summed E-state index contributed by atoms with van der Waals surface area (Å²) < 4.78 is 2.73. The minimum atomic E-state index is 0.756. The molecule has 0 aliphatic carbocycles. The van der Waals surface area contributed by atoms with Gasteiger partial charge in [0.05, 0.1) is 0 Å². The maximum Gasteiger partial charge on any atom is 0.185 e. The summed E-state index contributed by atoms with van der Waals surface area (Å²) in [6.45, 7) is 0. The second-order valence-corrected chi connectivity index (χ2v) is 5.54. The highest BCUT2D eigenvalue weighted by Crippen LogP contribution is 2.26. The summed E-state index contributed by atoms with van der Waals surface area (Å²) in [7, 11) is 0. The molecule has 0 fully saturated rings. The molecule has 0 saturated heterocycles. The van der Waals surface area contributed by atoms with Crippen LogP contribution in [0.1, 0.15) is 0 Å². The average Bonchev–Trinajstić information content (AvgIpc) is 2.98. The number of fused-ring (bicyclic) bond motifs is 3. The van der Waals surface area contributed by atoms with Gasteiger partial charge in [-0.25, -0.2) is 0 Å². The van der Waals surface area contributed by atoms with E-state index in [0.717, 1.165) is 32.4 Å². The van der Waals surface area contributed by atoms with Crippen molar-refractivity contribution in [1.82, 2.24) is 19.8 Å². The zero-order valence-corrected chi connectivity index (χ0v) is 12.4. The molecule has 0 aliphatic heterocycles. The smallest absolute Gasteiger partial charge is 0.185 e. The maximum atomic E-state index is 4.55. The molecule has 6 heteroatoms. The predicted octanol–water partition coefficient (Wildman–Crippen LogP) is 3.78. The van der Waals surface area contributed by atoms with Crippen molar-refractivity contribution in [3.8, 4) is 0 Å². The Morgan fingerprint density at radius 3 is 2.52 bits per heavy atom. The summed E-state index contributed by atoms with van der Waals surface area (Å²) in [5.41, 5.74) is 1.73. The van der Waals surface area contributed by atoms with Gasteiger partial charge < -0.3 is 5.32 Å². The van der Waals surface area contributed by atoms with Gasteiger partial charge in [0, 0.05) is 20.9 Å². The fourth-order valence-corrected chi connectivity index (χ4v) is 2.55. The van der Waals surface area contributed by atoms with Crippen LogP contribution in [0.2, 0.25) is 0 Å². The van der Waals surface area contributed by atoms with Gasteiger partial charge in [-0.2, -0.15) is 4.52 Å². The number of nitrogens with one attached hydrogen (secondary N) is 1. The molecule has 4 aromatic rings. The monoisotopic (exact) mass is 339 g/mol. The van der Waals surface area contributed by atoms with Crippen molar-refractivity contribution in [3.63, 3.8) is 0 Å². The summed E-state index contributed by atoms with van der Waals surface area (Å²) in [6, 6.07) is 16.0. The van der Waals surface area contributed by atoms with Crippen LogP contribution in [0, 0.1) is 0 Å². The Kier molecular flexibility index (Phi) is 2.82. The fraction of sp³-hybridized carbons (Fsp3) is 0. The topological polar surface area (TPSA) is 55.1 Å². The summed E-state index contributed by atoms with van der Waals surface area (Å²) >= 11 is 3.43. The molecule has 0 spiro atoms. The molecular weight excluding hydrogens is 330 g/mol. The Balaban J connectivity index is 1.91. The second kappa shape index (κ2) is 4.82. The molecule has 21 heavy (non-hydrogen) atoms. The van der Waals surface area contributed by atoms with Gasteiger partial charge in [-0.1, -0.05) is 40.2 Å². The van der Waals surface area contributed by atoms with E-state index in [1.165, 1.54) is 0 Å². The Morgan fingerprint density at radius 2 is 1.71 bits per heavy atom. The van der Waals surface area contributed by atoms with E-state index < -0.39 is 0 Å². The van der Waals surface area contributed by atoms with E-state index in [-0.39, 0.29) is 0 Å². The SMILES string of the molecule is Brc1ccc(Nc2nn3cnnc3c3ccccc23)cc1. The highest BCUT2D eigenvalue weighted by atomic mass is 79.9. The van der Waals surface area contributed by atoms with Crippen LogP contribution < -0.4 is 5.32 Å². The van der Waals surface area contributed by atoms with Gasteiger partial charge in [0.2, 0.25) is 0 Å². The normalized spacial score (nSPS) is 11.1. The molecule has 2 aromatic heterocycles. The van der Waals surface area contributed by atoms with Crippen LogP contribution in [-0.2, 0) is 0 Å². The van der Waals surface area contributed by atoms with E-state index >= 15 is 0 Å². The first-order chi connectivity index (χ1) is 10.3. The quantitative estimate of drug-likeness (QED) is 0.603. The number of benzene rings is 2. The van der Waals surface area contributed by atoms with Crippen LogP contribution in [0.4, 0.5) is 11.5 Å². The number of anilines is 2. The summed E-state index contributed by atoms with van der Waals surface area (Å²) in [6.07, 6.45) is 1.61. The number of hydrogen-bond acceptors (Lipinski definition) is 4. The van der Waals surface area contributed by atoms with E-state index in [1.54, 1.807) is 10.8 Å². The second-order valence-electron chi connectivity index (χ2n) is 4.63. The minimum Gasteiger partial charge on any atom is -0.338 e. The maximum absolute atomic E-state index is 4.55. The van der Waals surface area contributed by atoms with Gasteiger partial charge in [-0.05, 0) is 24.3 Å². The number of hydrogen-bond donors (Lipinski definition) is 1. The van der Waals surface area contributed by atoms with Crippen molar-refractivity contribution in [3.05, 3.63) is 59.3 Å². The number of nitrogens with zero attached hydrogens (tertiary/aromatic N) is 4. The molecule has 0 amide bonds. The zero-order chi connectivity index (χ0) is 14.2. The molecule has 0 atom stereocenters. The molecule has 0 bridgehead atoms. The van der Waals surface area contributed by atoms with Gasteiger partial charge in [0.15, 0.2) is 11.5 Å². The van der Waals surface area contributed by atoms with E-state index in [0.29, 0.717) is 0 Å². The Bertz CT molecular complexity index is 930. The van der Waals surface area contributed by atoms with Crippen LogP contribution in [0.15, 0.2) is 59.3 Å². The molecule has 5 nitrogen and oxygen atoms in total. The van der Waals surface area contributed by atoms with E-state index in [1.807, 2.05) is 48.5 Å². The summed E-state index contributed by atoms with van der Waals surface area (Å²) in [5, 5.41) is 18.0. The minimum absolute atomic E-state index is 0.756. The largest absolute Gasteiger partial charge is 0.338 e. The van der Waals surface area contributed by atoms with Crippen LogP contribution >= 0.6 is 15.9 Å². The standard InChI is InChI=1S/C15H10BrN5/c16-10-5-7-11(8-6-10)18-14-12-3-1-2-4-13(12)15-19-17-9-21(15)20-14/h1-9H,(H,18,20). The molecule has 0 radical (unpaired) electrons. The van der Waals surface area contributed by atoms with Crippen molar-refractivity contribution in [1.29, 1.82) is 0 Å². The third kappa shape index (κ3) is 2.13. The third-order valence-corrected chi connectivity index (χ3v) is 3.80. The number of halogens is 1. The first kappa shape index (κ1) is 12.3. The first-order valence-corrected chi connectivity index (χ1v) is 7.22. The third-order valence-electron chi connectivity index (χ3n) is 3.27. The molecule has 0 aliphatic rings. The molecule has 1 N–H and O–H groups in total. The first-order valence-electron chi connectivity index (χ1n) is 6.42. The van der Waals surface area contributed by atoms with Crippen molar-refractivity contribution < 1.29 is 0 Å². The molecule has 0 saturated carbocycles. The average molecular weight is 340 g/mol. The molecule has 4 rings (SSSR count). The van der Waals surface area contributed by atoms with Crippen molar-refractivity contribution in [2.45, 2.75) is 0 Å². The number of rotatable bonds is 2. The van der Waals surface area contributed by atoms with Crippen molar-refractivity contribution in [2.75, 3.05) is 5.32 Å². The Hall–Kier alpha value is -2.47. The highest BCUT2D eigenvalue weighted by molar-refractivity contribution is 9.10. The molecule has 0 unspecified atom stereocenters. The van der Waals surface area contributed by atoms with Gasteiger partial charge in [0.25, 0.3) is 0 Å². The van der Waals surface area contributed by atoms with Gasteiger partial charge in [-0.3, -0.25) is 0 Å². The molecule has 2 heterocycles. The molecule has 102 valence electrons. The molecular formula is C15H10BrN5. The van der Waals surface area contributed by atoms with E-state index in [2.05, 4.69) is 36.5 Å². The molecule has 2 aromatic carbocycles. The lowest BCUT2D eigenvalue weighted by Gasteiger charge is -2.09. The predicted molar refractivity (Wildman–Crippen MR) is 85.7 cm³/mol. The van der Waals surface area contributed by atoms with Gasteiger partial charge in [-0.15, -0.1) is 15.3 Å². The van der Waals surface area contributed by atoms with Crippen molar-refractivity contribution >= 4 is 43.9 Å². The zero-order valence-electron chi connectivity index (χ0n) is 10.9. The van der Waals surface area contributed by atoms with Gasteiger partial charge >= 0.3 is 0 Å². The van der Waals surface area contributed by atoms with E-state index in [4.69, 9.17) is 0 Å². The Morgan fingerprint density at radius 1 is 0.952 bits per heavy atom. The lowest BCUT2D eigenvalue weighted by Crippen LogP contribution is -2.00. The van der Waals surface area contributed by atoms with Crippen molar-refractivity contribution in [2.24, 2.45) is 0 Å². The van der Waals surface area contributed by atoms with Crippen LogP contribution in [0.5, 0.6) is 0 Å². The van der Waals surface area contributed by atoms with E-state index in [9.17, 15) is 0 Å². The lowest BCUT2D eigenvalue weighted by molar-refractivity contribution is 0.941. The number of aromatic nitrogens is 4. The Labute approximate surface area is 128 Å². The fourth-order valence-electron chi connectivity index (χ4n) is 2.29. The van der Waals surface area contributed by atoms with Gasteiger partial charge in [0.1, 0.15) is 6.33 Å². The van der Waals surface area contributed by atoms with Crippen LogP contribution in [0.25, 0.3) is 16.4 Å². The highest BCUT2D eigenvalue weighted by Gasteiger charge is 2.09. The van der Waals surface area contributed by atoms with Crippen LogP contribution in [0.3, 0.4) is 0 Å². The summed E-state index contributed by atoms with van der Waals surface area (Å²) in [5.74, 6) is 0.778.